The molecule has 1 aliphatic rings. The van der Waals surface area contributed by atoms with Crippen LogP contribution >= 0.6 is 0 Å². The Morgan fingerprint density at radius 1 is 0.912 bits per heavy atom. The zero-order chi connectivity index (χ0) is 23.7. The normalized spacial score (nSPS) is 16.3. The Bertz CT molecular complexity index is 1390. The molecule has 1 atom stereocenters. The fourth-order valence-electron chi connectivity index (χ4n) is 3.97. The van der Waals surface area contributed by atoms with Crippen LogP contribution in [0.25, 0.3) is 34.3 Å². The molecule has 3 heterocycles. The van der Waals surface area contributed by atoms with Crippen LogP contribution in [0.4, 0.5) is 0 Å². The number of hydrogen-bond acceptors (Lipinski definition) is 8. The summed E-state index contributed by atoms with van der Waals surface area (Å²) in [6.45, 7) is 4.39. The van der Waals surface area contributed by atoms with Crippen molar-refractivity contribution in [1.82, 2.24) is 25.5 Å². The topological polar surface area (TPSA) is 111 Å². The molecule has 1 N–H and O–H groups in total. The minimum absolute atomic E-state index is 0.268. The highest BCUT2D eigenvalue weighted by Crippen LogP contribution is 2.28. The maximum Gasteiger partial charge on any atom is 0.268 e. The third kappa shape index (κ3) is 4.36. The van der Waals surface area contributed by atoms with Crippen molar-refractivity contribution in [3.05, 3.63) is 66.5 Å². The van der Waals surface area contributed by atoms with E-state index in [1.54, 1.807) is 50.5 Å². The number of benzene rings is 2. The Kier molecular flexibility index (Phi) is 5.97. The maximum absolute atomic E-state index is 12.4. The quantitative estimate of drug-likeness (QED) is 0.435. The molecule has 2 aromatic heterocycles. The summed E-state index contributed by atoms with van der Waals surface area (Å²) in [5.74, 6) is 0.682. The van der Waals surface area contributed by atoms with Crippen molar-refractivity contribution in [1.29, 1.82) is 0 Å². The van der Waals surface area contributed by atoms with Crippen LogP contribution in [-0.2, 0) is 9.84 Å². The van der Waals surface area contributed by atoms with Crippen LogP contribution in [0.3, 0.4) is 0 Å². The van der Waals surface area contributed by atoms with Crippen LogP contribution < -0.4 is 5.32 Å². The van der Waals surface area contributed by atoms with Gasteiger partial charge in [-0.2, -0.15) is 0 Å². The lowest BCUT2D eigenvalue weighted by Gasteiger charge is -2.10. The second-order valence-electron chi connectivity index (χ2n) is 8.59. The molecule has 0 saturated carbocycles. The van der Waals surface area contributed by atoms with E-state index in [4.69, 9.17) is 4.42 Å². The van der Waals surface area contributed by atoms with Gasteiger partial charge < -0.3 is 9.73 Å². The highest BCUT2D eigenvalue weighted by Gasteiger charge is 2.20. The van der Waals surface area contributed by atoms with Gasteiger partial charge in [-0.15, -0.1) is 10.2 Å². The first kappa shape index (κ1) is 22.4. The van der Waals surface area contributed by atoms with Crippen LogP contribution in [0.1, 0.15) is 38.3 Å². The van der Waals surface area contributed by atoms with Crippen molar-refractivity contribution in [2.24, 2.45) is 0 Å². The van der Waals surface area contributed by atoms with Crippen molar-refractivity contribution in [3.63, 3.8) is 0 Å². The van der Waals surface area contributed by atoms with Gasteiger partial charge in [-0.25, -0.2) is 13.4 Å². The lowest BCUT2D eigenvalue weighted by atomic mass is 10.0. The third-order valence-corrected chi connectivity index (χ3v) is 8.17. The molecule has 0 amide bonds. The van der Waals surface area contributed by atoms with Gasteiger partial charge in [-0.1, -0.05) is 24.3 Å². The number of nitrogens with zero attached hydrogens (tertiary/aromatic N) is 4. The average Bonchev–Trinajstić information content (AvgIpc) is 3.57. The summed E-state index contributed by atoms with van der Waals surface area (Å²) in [6, 6.07) is 15.2. The molecular formula is C25H25N5O3S. The smallest absolute Gasteiger partial charge is 0.268 e. The minimum Gasteiger partial charge on any atom is -0.415 e. The Morgan fingerprint density at radius 2 is 1.59 bits per heavy atom. The first-order valence-corrected chi connectivity index (χ1v) is 12.8. The summed E-state index contributed by atoms with van der Waals surface area (Å²) in [6.07, 6.45) is 5.52. The second kappa shape index (κ2) is 9.08. The van der Waals surface area contributed by atoms with Gasteiger partial charge in [0.1, 0.15) is 5.69 Å². The molecule has 0 radical (unpaired) electrons. The molecule has 9 heteroatoms. The Hall–Kier alpha value is -3.43. The second-order valence-corrected chi connectivity index (χ2v) is 11.1. The van der Waals surface area contributed by atoms with E-state index in [0.717, 1.165) is 24.1 Å². The molecule has 0 bridgehead atoms. The molecule has 1 unspecified atom stereocenters. The van der Waals surface area contributed by atoms with Gasteiger partial charge in [-0.05, 0) is 63.1 Å². The predicted molar refractivity (Wildman–Crippen MR) is 128 cm³/mol. The van der Waals surface area contributed by atoms with Gasteiger partial charge in [0.25, 0.3) is 5.89 Å². The van der Waals surface area contributed by atoms with Gasteiger partial charge in [-0.3, -0.25) is 4.98 Å². The number of hydrogen-bond donors (Lipinski definition) is 1. The molecule has 34 heavy (non-hydrogen) atoms. The van der Waals surface area contributed by atoms with Crippen molar-refractivity contribution < 1.29 is 12.8 Å². The fraction of sp³-hybridized carbons (Fsp3) is 0.280. The molecule has 5 rings (SSSR count). The van der Waals surface area contributed by atoms with Crippen molar-refractivity contribution in [3.8, 4) is 34.3 Å². The zero-order valence-corrected chi connectivity index (χ0v) is 19.8. The summed E-state index contributed by atoms with van der Waals surface area (Å²) in [4.78, 5) is 9.14. The molecule has 1 fully saturated rings. The van der Waals surface area contributed by atoms with E-state index in [1.165, 1.54) is 12.0 Å². The van der Waals surface area contributed by atoms with Crippen molar-refractivity contribution >= 4 is 9.84 Å². The molecule has 8 nitrogen and oxygen atoms in total. The maximum atomic E-state index is 12.4. The van der Waals surface area contributed by atoms with E-state index < -0.39 is 15.1 Å². The molecule has 0 spiro atoms. The molecular weight excluding hydrogens is 450 g/mol. The Labute approximate surface area is 198 Å². The molecule has 1 aliphatic heterocycles. The summed E-state index contributed by atoms with van der Waals surface area (Å²) >= 11 is 0. The van der Waals surface area contributed by atoms with Crippen LogP contribution in [0, 0.1) is 0 Å². The third-order valence-electron chi connectivity index (χ3n) is 6.00. The number of nitrogens with one attached hydrogen (secondary N) is 1. The zero-order valence-electron chi connectivity index (χ0n) is 19.0. The van der Waals surface area contributed by atoms with E-state index in [0.29, 0.717) is 23.3 Å². The van der Waals surface area contributed by atoms with Crippen molar-refractivity contribution in [2.75, 3.05) is 6.54 Å². The molecule has 1 saturated heterocycles. The van der Waals surface area contributed by atoms with E-state index >= 15 is 0 Å². The largest absolute Gasteiger partial charge is 0.415 e. The van der Waals surface area contributed by atoms with E-state index in [1.807, 2.05) is 12.1 Å². The van der Waals surface area contributed by atoms with Crippen LogP contribution in [0.2, 0.25) is 0 Å². The fourth-order valence-corrected chi connectivity index (χ4v) is 5.03. The van der Waals surface area contributed by atoms with Crippen LogP contribution in [0.15, 0.2) is 70.2 Å². The van der Waals surface area contributed by atoms with E-state index in [2.05, 4.69) is 37.6 Å². The number of aromatic nitrogens is 4. The van der Waals surface area contributed by atoms with Gasteiger partial charge in [0.15, 0.2) is 9.84 Å². The van der Waals surface area contributed by atoms with E-state index in [9.17, 15) is 8.42 Å². The van der Waals surface area contributed by atoms with Gasteiger partial charge in [0.2, 0.25) is 5.89 Å². The number of rotatable bonds is 6. The lowest BCUT2D eigenvalue weighted by molar-refractivity contribution is 0.581. The molecule has 4 aromatic rings. The number of sulfone groups is 1. The standard InChI is InChI=1S/C25H25N5O3S/c1-16(2)34(31,32)20-11-9-18(10-12-20)22-14-26-15-23(28-22)25-30-29-24(33-25)19-7-5-17(6-8-19)21-4-3-13-27-21/h5-12,14-16,21,27H,3-4,13H2,1-2H3. The average molecular weight is 476 g/mol. The van der Waals surface area contributed by atoms with Crippen LogP contribution in [0.5, 0.6) is 0 Å². The molecule has 0 aliphatic carbocycles. The summed E-state index contributed by atoms with van der Waals surface area (Å²) in [7, 11) is -3.33. The highest BCUT2D eigenvalue weighted by molar-refractivity contribution is 7.92. The summed E-state index contributed by atoms with van der Waals surface area (Å²) in [5, 5.41) is 11.3. The van der Waals surface area contributed by atoms with Gasteiger partial charge >= 0.3 is 0 Å². The Morgan fingerprint density at radius 3 is 2.26 bits per heavy atom. The highest BCUT2D eigenvalue weighted by atomic mass is 32.2. The van der Waals surface area contributed by atoms with Gasteiger partial charge in [0, 0.05) is 17.2 Å². The lowest BCUT2D eigenvalue weighted by Crippen LogP contribution is -2.13. The van der Waals surface area contributed by atoms with Crippen LogP contribution in [-0.4, -0.2) is 40.4 Å². The summed E-state index contributed by atoms with van der Waals surface area (Å²) in [5.41, 5.74) is 3.87. The monoisotopic (exact) mass is 475 g/mol. The van der Waals surface area contributed by atoms with Gasteiger partial charge in [0.05, 0.1) is 28.2 Å². The van der Waals surface area contributed by atoms with E-state index in [-0.39, 0.29) is 10.8 Å². The first-order chi connectivity index (χ1) is 16.4. The van der Waals surface area contributed by atoms with Crippen molar-refractivity contribution in [2.45, 2.75) is 42.9 Å². The summed E-state index contributed by atoms with van der Waals surface area (Å²) < 4.78 is 30.6. The molecule has 174 valence electrons. The Balaban J connectivity index is 1.37. The molecule has 2 aromatic carbocycles. The first-order valence-electron chi connectivity index (χ1n) is 11.3. The predicted octanol–water partition coefficient (Wildman–Crippen LogP) is 4.47. The minimum atomic E-state index is -3.33. The SMILES string of the molecule is CC(C)S(=O)(=O)c1ccc(-c2cncc(-c3nnc(-c4ccc(C5CCCN5)cc4)o3)n2)cc1.